The molecule has 1 atom stereocenters. The van der Waals surface area contributed by atoms with Gasteiger partial charge in [0.1, 0.15) is 0 Å². The molecule has 0 N–H and O–H groups in total. The quantitative estimate of drug-likeness (QED) is 0.867. The Morgan fingerprint density at radius 1 is 1.50 bits per heavy atom. The zero-order valence-electron chi connectivity index (χ0n) is 11.6. The van der Waals surface area contributed by atoms with Crippen LogP contribution in [-0.4, -0.2) is 32.9 Å². The highest BCUT2D eigenvalue weighted by atomic mass is 32.2. The monoisotopic (exact) mass is 287 g/mol. The number of benzene rings is 1. The number of aryl methyl sites for hydroxylation is 1. The summed E-state index contributed by atoms with van der Waals surface area (Å²) >= 11 is 1.68. The number of carbonyl (C=O) groups is 1. The molecule has 0 radical (unpaired) electrons. The van der Waals surface area contributed by atoms with Gasteiger partial charge in [-0.2, -0.15) is 5.10 Å². The van der Waals surface area contributed by atoms with E-state index in [4.69, 9.17) is 0 Å². The number of amides is 1. The van der Waals surface area contributed by atoms with Gasteiger partial charge in [0, 0.05) is 37.3 Å². The lowest BCUT2D eigenvalue weighted by atomic mass is 10.1. The highest BCUT2D eigenvalue weighted by Gasteiger charge is 2.30. The van der Waals surface area contributed by atoms with E-state index in [1.807, 2.05) is 32.4 Å². The Bertz CT molecular complexity index is 613. The first-order chi connectivity index (χ1) is 9.63. The number of hydrogen-bond donors (Lipinski definition) is 0. The van der Waals surface area contributed by atoms with Crippen LogP contribution in [0.2, 0.25) is 0 Å². The summed E-state index contributed by atoms with van der Waals surface area (Å²) in [7, 11) is 3.74. The minimum atomic E-state index is 0.00840. The highest BCUT2D eigenvalue weighted by molar-refractivity contribution is 8.01. The Labute approximate surface area is 122 Å². The predicted octanol–water partition coefficient (Wildman–Crippen LogP) is 2.10. The molecular formula is C15H17N3OS. The third kappa shape index (κ3) is 2.58. The van der Waals surface area contributed by atoms with Crippen molar-refractivity contribution in [2.75, 3.05) is 7.05 Å². The molecule has 0 saturated heterocycles. The van der Waals surface area contributed by atoms with Crippen LogP contribution in [0.5, 0.6) is 0 Å². The van der Waals surface area contributed by atoms with Crippen molar-refractivity contribution in [3.63, 3.8) is 0 Å². The summed E-state index contributed by atoms with van der Waals surface area (Å²) < 4.78 is 1.76. The van der Waals surface area contributed by atoms with Crippen LogP contribution in [0, 0.1) is 0 Å². The van der Waals surface area contributed by atoms with E-state index >= 15 is 0 Å². The second-order valence-corrected chi connectivity index (χ2v) is 6.38. The Kier molecular flexibility index (Phi) is 3.53. The molecule has 0 bridgehead atoms. The van der Waals surface area contributed by atoms with Crippen LogP contribution in [0.4, 0.5) is 0 Å². The van der Waals surface area contributed by atoms with Gasteiger partial charge >= 0.3 is 0 Å². The first kappa shape index (κ1) is 13.2. The maximum absolute atomic E-state index is 12.5. The van der Waals surface area contributed by atoms with Gasteiger partial charge in [-0.25, -0.2) is 0 Å². The number of fused-ring (bicyclic) bond motifs is 1. The molecule has 104 valence electrons. The second kappa shape index (κ2) is 5.32. The van der Waals surface area contributed by atoms with Gasteiger partial charge in [-0.1, -0.05) is 18.2 Å². The second-order valence-electron chi connectivity index (χ2n) is 5.13. The molecule has 20 heavy (non-hydrogen) atoms. The Morgan fingerprint density at radius 3 is 3.00 bits per heavy atom. The molecule has 1 aliphatic heterocycles. The maximum Gasteiger partial charge on any atom is 0.236 e. The largest absolute Gasteiger partial charge is 0.340 e. The summed E-state index contributed by atoms with van der Waals surface area (Å²) in [5, 5.41) is 4.14. The van der Waals surface area contributed by atoms with E-state index in [9.17, 15) is 4.79 Å². The average Bonchev–Trinajstić information content (AvgIpc) is 3.03. The molecule has 5 heteroatoms. The summed E-state index contributed by atoms with van der Waals surface area (Å²) in [5.74, 6) is 0.190. The van der Waals surface area contributed by atoms with Crippen LogP contribution >= 0.6 is 11.8 Å². The van der Waals surface area contributed by atoms with Crippen molar-refractivity contribution in [3.05, 3.63) is 47.8 Å². The fourth-order valence-corrected chi connectivity index (χ4v) is 3.78. The van der Waals surface area contributed by atoms with Gasteiger partial charge in [0.25, 0.3) is 0 Å². The molecule has 1 aromatic carbocycles. The zero-order chi connectivity index (χ0) is 14.1. The fourth-order valence-electron chi connectivity index (χ4n) is 2.47. The van der Waals surface area contributed by atoms with E-state index in [1.165, 1.54) is 10.5 Å². The summed E-state index contributed by atoms with van der Waals surface area (Å²) in [4.78, 5) is 15.5. The topological polar surface area (TPSA) is 38.1 Å². The minimum absolute atomic E-state index is 0.00840. The van der Waals surface area contributed by atoms with Gasteiger partial charge < -0.3 is 4.90 Å². The standard InChI is InChI=1S/C15H17N3OS/c1-17(9-11-8-16-18(2)10-11)15(19)14-7-12-5-3-4-6-13(12)20-14/h3-6,8,10,14H,7,9H2,1-2H3. The number of rotatable bonds is 3. The molecule has 0 fully saturated rings. The van der Waals surface area contributed by atoms with Crippen LogP contribution in [0.1, 0.15) is 11.1 Å². The molecule has 4 nitrogen and oxygen atoms in total. The Hall–Kier alpha value is -1.75. The van der Waals surface area contributed by atoms with E-state index in [2.05, 4.69) is 17.2 Å². The summed E-state index contributed by atoms with van der Waals surface area (Å²) in [6, 6.07) is 8.26. The number of carbonyl (C=O) groups excluding carboxylic acids is 1. The lowest BCUT2D eigenvalue weighted by Crippen LogP contribution is -2.34. The number of hydrogen-bond acceptors (Lipinski definition) is 3. The molecule has 2 aromatic rings. The van der Waals surface area contributed by atoms with E-state index in [0.717, 1.165) is 12.0 Å². The van der Waals surface area contributed by atoms with Crippen molar-refractivity contribution in [1.82, 2.24) is 14.7 Å². The number of thioether (sulfide) groups is 1. The van der Waals surface area contributed by atoms with E-state index in [1.54, 1.807) is 27.5 Å². The molecule has 0 spiro atoms. The van der Waals surface area contributed by atoms with E-state index in [0.29, 0.717) is 6.54 Å². The summed E-state index contributed by atoms with van der Waals surface area (Å²) in [5.41, 5.74) is 2.34. The van der Waals surface area contributed by atoms with Crippen molar-refractivity contribution in [2.45, 2.75) is 23.1 Å². The summed E-state index contributed by atoms with van der Waals surface area (Å²) in [6.07, 6.45) is 4.58. The Morgan fingerprint density at radius 2 is 2.30 bits per heavy atom. The SMILES string of the molecule is CN(Cc1cnn(C)c1)C(=O)C1Cc2ccccc2S1. The fraction of sp³-hybridized carbons (Fsp3) is 0.333. The molecule has 3 rings (SSSR count). The van der Waals surface area contributed by atoms with Crippen molar-refractivity contribution in [1.29, 1.82) is 0 Å². The number of aromatic nitrogens is 2. The molecule has 1 unspecified atom stereocenters. The van der Waals surface area contributed by atoms with Gasteiger partial charge in [0.05, 0.1) is 11.4 Å². The summed E-state index contributed by atoms with van der Waals surface area (Å²) in [6.45, 7) is 0.611. The number of nitrogens with zero attached hydrogens (tertiary/aromatic N) is 3. The van der Waals surface area contributed by atoms with Crippen molar-refractivity contribution < 1.29 is 4.79 Å². The molecule has 1 aromatic heterocycles. The lowest BCUT2D eigenvalue weighted by molar-refractivity contribution is -0.129. The molecule has 1 aliphatic rings. The molecular weight excluding hydrogens is 270 g/mol. The van der Waals surface area contributed by atoms with Gasteiger partial charge in [-0.05, 0) is 18.1 Å². The first-order valence-electron chi connectivity index (χ1n) is 6.60. The van der Waals surface area contributed by atoms with Gasteiger partial charge in [0.15, 0.2) is 0 Å². The molecule has 0 saturated carbocycles. The van der Waals surface area contributed by atoms with Crippen molar-refractivity contribution in [2.24, 2.45) is 7.05 Å². The van der Waals surface area contributed by atoms with Crippen LogP contribution in [-0.2, 0) is 24.8 Å². The molecule has 0 aliphatic carbocycles. The van der Waals surface area contributed by atoms with E-state index < -0.39 is 0 Å². The maximum atomic E-state index is 12.5. The van der Waals surface area contributed by atoms with Crippen LogP contribution in [0.15, 0.2) is 41.6 Å². The van der Waals surface area contributed by atoms with Crippen LogP contribution in [0.25, 0.3) is 0 Å². The first-order valence-corrected chi connectivity index (χ1v) is 7.48. The molecule has 1 amide bonds. The Balaban J connectivity index is 1.65. The minimum Gasteiger partial charge on any atom is -0.340 e. The zero-order valence-corrected chi connectivity index (χ0v) is 12.4. The smallest absolute Gasteiger partial charge is 0.236 e. The molecule has 2 heterocycles. The van der Waals surface area contributed by atoms with Gasteiger partial charge in [-0.15, -0.1) is 11.8 Å². The average molecular weight is 287 g/mol. The van der Waals surface area contributed by atoms with Gasteiger partial charge in [-0.3, -0.25) is 9.48 Å². The highest BCUT2D eigenvalue weighted by Crippen LogP contribution is 2.37. The van der Waals surface area contributed by atoms with Gasteiger partial charge in [0.2, 0.25) is 5.91 Å². The van der Waals surface area contributed by atoms with Crippen LogP contribution in [0.3, 0.4) is 0 Å². The third-order valence-electron chi connectivity index (χ3n) is 3.48. The normalized spacial score (nSPS) is 17.0. The predicted molar refractivity (Wildman–Crippen MR) is 79.5 cm³/mol. The van der Waals surface area contributed by atoms with Crippen molar-refractivity contribution in [3.8, 4) is 0 Å². The lowest BCUT2D eigenvalue weighted by Gasteiger charge is -2.19. The van der Waals surface area contributed by atoms with E-state index in [-0.39, 0.29) is 11.2 Å². The third-order valence-corrected chi connectivity index (χ3v) is 4.78. The van der Waals surface area contributed by atoms with Crippen molar-refractivity contribution >= 4 is 17.7 Å². The van der Waals surface area contributed by atoms with Crippen LogP contribution < -0.4 is 0 Å².